The van der Waals surface area contributed by atoms with E-state index in [0.717, 1.165) is 18.2 Å². The molecule has 0 bridgehead atoms. The molecule has 0 spiro atoms. The quantitative estimate of drug-likeness (QED) is 0.889. The highest BCUT2D eigenvalue weighted by Gasteiger charge is 2.41. The lowest BCUT2D eigenvalue weighted by Gasteiger charge is -2.17. The van der Waals surface area contributed by atoms with Crippen LogP contribution in [0.1, 0.15) is 49.7 Å². The van der Waals surface area contributed by atoms with Crippen molar-refractivity contribution in [2.45, 2.75) is 51.5 Å². The molecule has 18 heavy (non-hydrogen) atoms. The van der Waals surface area contributed by atoms with E-state index in [4.69, 9.17) is 5.11 Å². The lowest BCUT2D eigenvalue weighted by atomic mass is 9.91. The number of aromatic nitrogens is 3. The van der Waals surface area contributed by atoms with Gasteiger partial charge >= 0.3 is 5.97 Å². The number of nitrogens with zero attached hydrogens (tertiary/aromatic N) is 3. The zero-order valence-electron chi connectivity index (χ0n) is 10.7. The van der Waals surface area contributed by atoms with Crippen LogP contribution in [-0.4, -0.2) is 25.8 Å². The number of aryl methyl sites for hydroxylation is 1. The van der Waals surface area contributed by atoms with Crippen LogP contribution in [-0.2, 0) is 11.3 Å². The first-order valence-electron chi connectivity index (χ1n) is 6.78. The van der Waals surface area contributed by atoms with Crippen LogP contribution in [0, 0.1) is 18.8 Å². The molecule has 0 unspecified atom stereocenters. The molecular formula is C13H19N3O2. The van der Waals surface area contributed by atoms with Crippen molar-refractivity contribution in [2.24, 2.45) is 11.8 Å². The van der Waals surface area contributed by atoms with Gasteiger partial charge in [0.15, 0.2) is 0 Å². The third kappa shape index (κ3) is 1.91. The summed E-state index contributed by atoms with van der Waals surface area (Å²) in [6.45, 7) is 1.77. The summed E-state index contributed by atoms with van der Waals surface area (Å²) in [7, 11) is 0. The average Bonchev–Trinajstić information content (AvgIpc) is 2.92. The number of hydrogen-bond acceptors (Lipinski definition) is 3. The molecule has 0 aliphatic heterocycles. The molecule has 3 rings (SSSR count). The second-order valence-electron chi connectivity index (χ2n) is 5.61. The predicted octanol–water partition coefficient (Wildman–Crippen LogP) is 1.96. The molecule has 1 N–H and O–H groups in total. The van der Waals surface area contributed by atoms with E-state index >= 15 is 0 Å². The van der Waals surface area contributed by atoms with Gasteiger partial charge in [0.1, 0.15) is 18.2 Å². The van der Waals surface area contributed by atoms with Gasteiger partial charge in [-0.05, 0) is 38.0 Å². The Hall–Kier alpha value is -1.39. The highest BCUT2D eigenvalue weighted by atomic mass is 16.4. The van der Waals surface area contributed by atoms with E-state index < -0.39 is 5.97 Å². The van der Waals surface area contributed by atoms with Crippen LogP contribution in [0.4, 0.5) is 0 Å². The fourth-order valence-corrected chi connectivity index (χ4v) is 3.87. The molecule has 3 atom stereocenters. The fourth-order valence-electron chi connectivity index (χ4n) is 3.87. The normalized spacial score (nSPS) is 30.6. The lowest BCUT2D eigenvalue weighted by molar-refractivity contribution is -0.137. The third-order valence-corrected chi connectivity index (χ3v) is 4.51. The zero-order valence-corrected chi connectivity index (χ0v) is 10.7. The molecule has 0 radical (unpaired) electrons. The van der Waals surface area contributed by atoms with Crippen molar-refractivity contribution in [3.63, 3.8) is 0 Å². The monoisotopic (exact) mass is 249 g/mol. The van der Waals surface area contributed by atoms with Gasteiger partial charge in [0.05, 0.1) is 0 Å². The largest absolute Gasteiger partial charge is 0.480 e. The first kappa shape index (κ1) is 11.7. The van der Waals surface area contributed by atoms with Crippen molar-refractivity contribution >= 4 is 5.97 Å². The predicted molar refractivity (Wildman–Crippen MR) is 65.2 cm³/mol. The summed E-state index contributed by atoms with van der Waals surface area (Å²) in [6, 6.07) is 0. The fraction of sp³-hybridized carbons (Fsp3) is 0.769. The standard InChI is InChI=1S/C13H19N3O2/c1-8-14-13(16(15-8)7-12(17)18)11-6-5-9-3-2-4-10(9)11/h9-11H,2-7H2,1H3,(H,17,18)/t9-,10-,11-/m0/s1. The second-order valence-corrected chi connectivity index (χ2v) is 5.61. The zero-order chi connectivity index (χ0) is 12.7. The number of rotatable bonds is 3. The number of carboxylic acids is 1. The number of aliphatic carboxylic acids is 1. The van der Waals surface area contributed by atoms with Crippen LogP contribution in [0.5, 0.6) is 0 Å². The Labute approximate surface area is 106 Å². The molecule has 1 aromatic heterocycles. The summed E-state index contributed by atoms with van der Waals surface area (Å²) in [6.07, 6.45) is 6.35. The van der Waals surface area contributed by atoms with Crippen LogP contribution >= 0.6 is 0 Å². The highest BCUT2D eigenvalue weighted by molar-refractivity contribution is 5.66. The minimum absolute atomic E-state index is 0.0654. The van der Waals surface area contributed by atoms with Crippen LogP contribution in [0.3, 0.4) is 0 Å². The smallest absolute Gasteiger partial charge is 0.325 e. The van der Waals surface area contributed by atoms with E-state index in [1.807, 2.05) is 6.92 Å². The molecule has 1 heterocycles. The summed E-state index contributed by atoms with van der Waals surface area (Å²) in [5.74, 6) is 2.73. The summed E-state index contributed by atoms with van der Waals surface area (Å²) >= 11 is 0. The molecular weight excluding hydrogens is 230 g/mol. The Balaban J connectivity index is 1.89. The first-order chi connectivity index (χ1) is 8.65. The van der Waals surface area contributed by atoms with Gasteiger partial charge in [-0.25, -0.2) is 9.67 Å². The Morgan fingerprint density at radius 3 is 3.00 bits per heavy atom. The Morgan fingerprint density at radius 2 is 2.22 bits per heavy atom. The van der Waals surface area contributed by atoms with Crippen molar-refractivity contribution < 1.29 is 9.90 Å². The van der Waals surface area contributed by atoms with Crippen molar-refractivity contribution in [3.8, 4) is 0 Å². The molecule has 2 saturated carbocycles. The maximum atomic E-state index is 10.9. The Kier molecular flexibility index (Phi) is 2.84. The molecule has 5 nitrogen and oxygen atoms in total. The van der Waals surface area contributed by atoms with Crippen LogP contribution in [0.2, 0.25) is 0 Å². The summed E-state index contributed by atoms with van der Waals surface area (Å²) < 4.78 is 1.60. The summed E-state index contributed by atoms with van der Waals surface area (Å²) in [5, 5.41) is 13.2. The summed E-state index contributed by atoms with van der Waals surface area (Å²) in [5.41, 5.74) is 0. The number of carbonyl (C=O) groups is 1. The molecule has 0 saturated heterocycles. The maximum absolute atomic E-state index is 10.9. The van der Waals surface area contributed by atoms with E-state index in [-0.39, 0.29) is 6.54 Å². The van der Waals surface area contributed by atoms with Crippen molar-refractivity contribution in [2.75, 3.05) is 0 Å². The van der Waals surface area contributed by atoms with E-state index in [9.17, 15) is 4.79 Å². The third-order valence-electron chi connectivity index (χ3n) is 4.51. The topological polar surface area (TPSA) is 68.0 Å². The summed E-state index contributed by atoms with van der Waals surface area (Å²) in [4.78, 5) is 15.4. The van der Waals surface area contributed by atoms with E-state index in [2.05, 4.69) is 10.1 Å². The van der Waals surface area contributed by atoms with Gasteiger partial charge in [0.2, 0.25) is 0 Å². The van der Waals surface area contributed by atoms with E-state index in [1.165, 1.54) is 25.7 Å². The number of carboxylic acid groups (broad SMARTS) is 1. The molecule has 1 aromatic rings. The van der Waals surface area contributed by atoms with Gasteiger partial charge in [0.25, 0.3) is 0 Å². The molecule has 2 fully saturated rings. The molecule has 0 amide bonds. The van der Waals surface area contributed by atoms with Gasteiger partial charge in [-0.15, -0.1) is 0 Å². The maximum Gasteiger partial charge on any atom is 0.325 e. The van der Waals surface area contributed by atoms with Crippen LogP contribution in [0.25, 0.3) is 0 Å². The van der Waals surface area contributed by atoms with Gasteiger partial charge in [-0.1, -0.05) is 12.8 Å². The first-order valence-corrected chi connectivity index (χ1v) is 6.78. The average molecular weight is 249 g/mol. The Bertz CT molecular complexity index is 469. The van der Waals surface area contributed by atoms with Gasteiger partial charge in [-0.3, -0.25) is 4.79 Å². The highest BCUT2D eigenvalue weighted by Crippen LogP contribution is 2.51. The minimum atomic E-state index is -0.845. The van der Waals surface area contributed by atoms with Crippen molar-refractivity contribution in [3.05, 3.63) is 11.6 Å². The molecule has 2 aliphatic rings. The molecule has 5 heteroatoms. The Morgan fingerprint density at radius 1 is 1.39 bits per heavy atom. The van der Waals surface area contributed by atoms with Gasteiger partial charge in [0, 0.05) is 5.92 Å². The van der Waals surface area contributed by atoms with Crippen molar-refractivity contribution in [1.29, 1.82) is 0 Å². The second kappa shape index (κ2) is 4.37. The molecule has 0 aromatic carbocycles. The minimum Gasteiger partial charge on any atom is -0.480 e. The van der Waals surface area contributed by atoms with E-state index in [0.29, 0.717) is 17.7 Å². The SMILES string of the molecule is Cc1nc([C@H]2CC[C@@H]3CCC[C@@H]32)n(CC(=O)O)n1. The number of hydrogen-bond donors (Lipinski definition) is 1. The van der Waals surface area contributed by atoms with Crippen molar-refractivity contribution in [1.82, 2.24) is 14.8 Å². The number of fused-ring (bicyclic) bond motifs is 1. The molecule has 2 aliphatic carbocycles. The van der Waals surface area contributed by atoms with Crippen LogP contribution < -0.4 is 0 Å². The lowest BCUT2D eigenvalue weighted by Crippen LogP contribution is -2.18. The molecule has 98 valence electrons. The van der Waals surface area contributed by atoms with Gasteiger partial charge in [-0.2, -0.15) is 5.10 Å². The van der Waals surface area contributed by atoms with Gasteiger partial charge < -0.3 is 5.11 Å². The van der Waals surface area contributed by atoms with E-state index in [1.54, 1.807) is 4.68 Å². The van der Waals surface area contributed by atoms with Crippen LogP contribution in [0.15, 0.2) is 0 Å².